The number of carbonyl (C=O) groups excluding carboxylic acids is 2. The lowest BCUT2D eigenvalue weighted by Crippen LogP contribution is -2.35. The second kappa shape index (κ2) is 5.14. The van der Waals surface area contributed by atoms with Crippen LogP contribution in [0.3, 0.4) is 0 Å². The molecule has 0 bridgehead atoms. The van der Waals surface area contributed by atoms with E-state index in [0.717, 1.165) is 11.1 Å². The highest BCUT2D eigenvalue weighted by molar-refractivity contribution is 5.93. The molecule has 1 aromatic carbocycles. The van der Waals surface area contributed by atoms with Crippen molar-refractivity contribution in [2.24, 2.45) is 5.73 Å². The summed E-state index contributed by atoms with van der Waals surface area (Å²) in [6.45, 7) is 1.99. The standard InChI is InChI=1S/C11H14N2O2/c1-8-3-2-4-9(7-8)5-6-10(14)13-11(12)15/h2-4,7H,5-6H2,1H3,(H3,12,13,14,15). The maximum Gasteiger partial charge on any atom is 0.318 e. The van der Waals surface area contributed by atoms with Gasteiger partial charge >= 0.3 is 6.03 Å². The average Bonchev–Trinajstić information content (AvgIpc) is 2.14. The predicted molar refractivity (Wildman–Crippen MR) is 57.2 cm³/mol. The van der Waals surface area contributed by atoms with Gasteiger partial charge in [0.25, 0.3) is 0 Å². The van der Waals surface area contributed by atoms with Gasteiger partial charge in [-0.05, 0) is 18.9 Å². The highest BCUT2D eigenvalue weighted by Crippen LogP contribution is 2.06. The molecule has 0 unspecified atom stereocenters. The number of carbonyl (C=O) groups is 2. The van der Waals surface area contributed by atoms with Crippen molar-refractivity contribution in [1.82, 2.24) is 5.32 Å². The molecule has 0 heterocycles. The van der Waals surface area contributed by atoms with Gasteiger partial charge in [-0.25, -0.2) is 4.79 Å². The molecule has 4 nitrogen and oxygen atoms in total. The molecule has 1 rings (SSSR count). The Morgan fingerprint density at radius 2 is 2.13 bits per heavy atom. The van der Waals surface area contributed by atoms with Crippen molar-refractivity contribution in [1.29, 1.82) is 0 Å². The smallest absolute Gasteiger partial charge is 0.318 e. The van der Waals surface area contributed by atoms with E-state index in [1.165, 1.54) is 0 Å². The molecule has 80 valence electrons. The summed E-state index contributed by atoms with van der Waals surface area (Å²) in [4.78, 5) is 21.5. The number of primary amides is 1. The average molecular weight is 206 g/mol. The van der Waals surface area contributed by atoms with Crippen LogP contribution in [0.25, 0.3) is 0 Å². The van der Waals surface area contributed by atoms with Crippen LogP contribution in [0.4, 0.5) is 4.79 Å². The lowest BCUT2D eigenvalue weighted by atomic mass is 10.1. The Labute approximate surface area is 88.5 Å². The number of nitrogens with two attached hydrogens (primary N) is 1. The third-order valence-corrected chi connectivity index (χ3v) is 1.99. The van der Waals surface area contributed by atoms with Crippen LogP contribution < -0.4 is 11.1 Å². The van der Waals surface area contributed by atoms with E-state index in [1.807, 2.05) is 36.5 Å². The summed E-state index contributed by atoms with van der Waals surface area (Å²) < 4.78 is 0. The quantitative estimate of drug-likeness (QED) is 0.777. The molecule has 0 aromatic heterocycles. The van der Waals surface area contributed by atoms with E-state index in [1.54, 1.807) is 0 Å². The molecule has 4 heteroatoms. The highest BCUT2D eigenvalue weighted by atomic mass is 16.2. The summed E-state index contributed by atoms with van der Waals surface area (Å²) >= 11 is 0. The number of hydrogen-bond acceptors (Lipinski definition) is 2. The van der Waals surface area contributed by atoms with Gasteiger partial charge in [-0.2, -0.15) is 0 Å². The van der Waals surface area contributed by atoms with Crippen molar-refractivity contribution in [2.45, 2.75) is 19.8 Å². The van der Waals surface area contributed by atoms with Crippen LogP contribution in [0.2, 0.25) is 0 Å². The minimum absolute atomic E-state index is 0.270. The van der Waals surface area contributed by atoms with Gasteiger partial charge in [-0.3, -0.25) is 10.1 Å². The molecule has 0 radical (unpaired) electrons. The molecule has 0 spiro atoms. The number of nitrogens with one attached hydrogen (secondary N) is 1. The lowest BCUT2D eigenvalue weighted by molar-refractivity contribution is -0.119. The van der Waals surface area contributed by atoms with E-state index in [0.29, 0.717) is 6.42 Å². The molecule has 0 aliphatic carbocycles. The van der Waals surface area contributed by atoms with Gasteiger partial charge in [0, 0.05) is 6.42 Å². The molecule has 0 aliphatic rings. The van der Waals surface area contributed by atoms with Crippen LogP contribution in [0, 0.1) is 6.92 Å². The summed E-state index contributed by atoms with van der Waals surface area (Å²) in [5.74, 6) is -0.344. The van der Waals surface area contributed by atoms with Gasteiger partial charge in [0.15, 0.2) is 0 Å². The Morgan fingerprint density at radius 1 is 1.40 bits per heavy atom. The second-order valence-corrected chi connectivity index (χ2v) is 3.40. The van der Waals surface area contributed by atoms with Gasteiger partial charge in [-0.15, -0.1) is 0 Å². The van der Waals surface area contributed by atoms with E-state index in [2.05, 4.69) is 0 Å². The largest absolute Gasteiger partial charge is 0.351 e. The van der Waals surface area contributed by atoms with Crippen LogP contribution in [-0.2, 0) is 11.2 Å². The van der Waals surface area contributed by atoms with E-state index in [-0.39, 0.29) is 12.3 Å². The van der Waals surface area contributed by atoms with Crippen molar-refractivity contribution in [3.05, 3.63) is 35.4 Å². The van der Waals surface area contributed by atoms with Crippen molar-refractivity contribution < 1.29 is 9.59 Å². The van der Waals surface area contributed by atoms with Crippen molar-refractivity contribution >= 4 is 11.9 Å². The molecule has 3 amide bonds. The first-order chi connectivity index (χ1) is 7.08. The Balaban J connectivity index is 2.43. The molecule has 0 atom stereocenters. The first-order valence-corrected chi connectivity index (χ1v) is 4.73. The fourth-order valence-corrected chi connectivity index (χ4v) is 1.33. The predicted octanol–water partition coefficient (Wildman–Crippen LogP) is 1.12. The maximum absolute atomic E-state index is 11.1. The molecule has 3 N–H and O–H groups in total. The summed E-state index contributed by atoms with van der Waals surface area (Å²) in [5, 5.41) is 2.03. The topological polar surface area (TPSA) is 72.2 Å². The molecule has 0 aliphatic heterocycles. The Morgan fingerprint density at radius 3 is 2.73 bits per heavy atom. The third kappa shape index (κ3) is 4.26. The van der Waals surface area contributed by atoms with Gasteiger partial charge < -0.3 is 5.73 Å². The number of amides is 3. The third-order valence-electron chi connectivity index (χ3n) is 1.99. The number of imide groups is 1. The minimum atomic E-state index is -0.802. The van der Waals surface area contributed by atoms with Crippen molar-refractivity contribution in [3.8, 4) is 0 Å². The summed E-state index contributed by atoms with van der Waals surface area (Å²) in [6, 6.07) is 7.09. The van der Waals surface area contributed by atoms with E-state index < -0.39 is 6.03 Å². The van der Waals surface area contributed by atoms with Crippen LogP contribution in [0.5, 0.6) is 0 Å². The zero-order valence-corrected chi connectivity index (χ0v) is 8.62. The first kappa shape index (κ1) is 11.2. The van der Waals surface area contributed by atoms with E-state index in [9.17, 15) is 9.59 Å². The fraction of sp³-hybridized carbons (Fsp3) is 0.273. The normalized spacial score (nSPS) is 9.67. The maximum atomic E-state index is 11.1. The number of urea groups is 1. The van der Waals surface area contributed by atoms with E-state index >= 15 is 0 Å². The SMILES string of the molecule is Cc1cccc(CCC(=O)NC(N)=O)c1. The van der Waals surface area contributed by atoms with Gasteiger partial charge in [0.1, 0.15) is 0 Å². The zero-order chi connectivity index (χ0) is 11.3. The Kier molecular flexibility index (Phi) is 3.85. The van der Waals surface area contributed by atoms with Gasteiger partial charge in [-0.1, -0.05) is 29.8 Å². The van der Waals surface area contributed by atoms with Crippen LogP contribution >= 0.6 is 0 Å². The molecule has 0 fully saturated rings. The van der Waals surface area contributed by atoms with Crippen LogP contribution in [0.1, 0.15) is 17.5 Å². The molecular weight excluding hydrogens is 192 g/mol. The zero-order valence-electron chi connectivity index (χ0n) is 8.62. The lowest BCUT2D eigenvalue weighted by Gasteiger charge is -2.02. The number of aryl methyl sites for hydroxylation is 2. The van der Waals surface area contributed by atoms with Crippen molar-refractivity contribution in [3.63, 3.8) is 0 Å². The fourth-order valence-electron chi connectivity index (χ4n) is 1.33. The number of hydrogen-bond donors (Lipinski definition) is 2. The van der Waals surface area contributed by atoms with Crippen molar-refractivity contribution in [2.75, 3.05) is 0 Å². The first-order valence-electron chi connectivity index (χ1n) is 4.73. The molecule has 1 aromatic rings. The van der Waals surface area contributed by atoms with Crippen LogP contribution in [-0.4, -0.2) is 11.9 Å². The summed E-state index contributed by atoms with van der Waals surface area (Å²) in [6.07, 6.45) is 0.882. The van der Waals surface area contributed by atoms with E-state index in [4.69, 9.17) is 5.73 Å². The van der Waals surface area contributed by atoms with Gasteiger partial charge in [0.2, 0.25) is 5.91 Å². The Hall–Kier alpha value is -1.84. The summed E-state index contributed by atoms with van der Waals surface area (Å²) in [7, 11) is 0. The molecular formula is C11H14N2O2. The minimum Gasteiger partial charge on any atom is -0.351 e. The summed E-state index contributed by atoms with van der Waals surface area (Å²) in [5.41, 5.74) is 7.05. The molecule has 15 heavy (non-hydrogen) atoms. The monoisotopic (exact) mass is 206 g/mol. The van der Waals surface area contributed by atoms with Crippen LogP contribution in [0.15, 0.2) is 24.3 Å². The Bertz CT molecular complexity index is 375. The second-order valence-electron chi connectivity index (χ2n) is 3.40. The van der Waals surface area contributed by atoms with Gasteiger partial charge in [0.05, 0.1) is 0 Å². The molecule has 0 saturated carbocycles. The molecule has 0 saturated heterocycles. The number of rotatable bonds is 3. The number of benzene rings is 1. The highest BCUT2D eigenvalue weighted by Gasteiger charge is 2.04.